The second kappa shape index (κ2) is 8.24. The molecule has 1 amide bonds. The molecule has 0 bridgehead atoms. The average Bonchev–Trinajstić information content (AvgIpc) is 2.37. The van der Waals surface area contributed by atoms with Crippen LogP contribution in [-0.4, -0.2) is 32.7 Å². The van der Waals surface area contributed by atoms with Crippen LogP contribution < -0.4 is 10.6 Å². The van der Waals surface area contributed by atoms with E-state index < -0.39 is 0 Å². The Kier molecular flexibility index (Phi) is 6.93. The fourth-order valence-corrected chi connectivity index (χ4v) is 2.17. The van der Waals surface area contributed by atoms with Crippen molar-refractivity contribution in [3.63, 3.8) is 0 Å². The SMILES string of the molecule is COCCNC(=O)CN[C@@H](C)c1ccccc1Br. The maximum atomic E-state index is 11.5. The summed E-state index contributed by atoms with van der Waals surface area (Å²) in [5, 5.41) is 5.95. The number of hydrogen-bond donors (Lipinski definition) is 2. The Bertz CT molecular complexity index is 385. The number of halogens is 1. The molecule has 0 fully saturated rings. The van der Waals surface area contributed by atoms with E-state index in [9.17, 15) is 4.79 Å². The number of carbonyl (C=O) groups excluding carboxylic acids is 1. The fraction of sp³-hybridized carbons (Fsp3) is 0.462. The van der Waals surface area contributed by atoms with Gasteiger partial charge in [-0.05, 0) is 18.6 Å². The van der Waals surface area contributed by atoms with Gasteiger partial charge in [-0.1, -0.05) is 34.1 Å². The third kappa shape index (κ3) is 5.16. The highest BCUT2D eigenvalue weighted by molar-refractivity contribution is 9.10. The Morgan fingerprint density at radius 2 is 2.17 bits per heavy atom. The Balaban J connectivity index is 2.35. The summed E-state index contributed by atoms with van der Waals surface area (Å²) in [7, 11) is 1.61. The lowest BCUT2D eigenvalue weighted by atomic mass is 10.1. The minimum atomic E-state index is -0.0223. The van der Waals surface area contributed by atoms with Crippen LogP contribution in [0.25, 0.3) is 0 Å². The van der Waals surface area contributed by atoms with Crippen molar-refractivity contribution in [1.82, 2.24) is 10.6 Å². The van der Waals surface area contributed by atoms with Crippen molar-refractivity contribution in [2.24, 2.45) is 0 Å². The molecule has 2 N–H and O–H groups in total. The second-order valence-electron chi connectivity index (χ2n) is 3.97. The van der Waals surface area contributed by atoms with E-state index in [1.807, 2.05) is 31.2 Å². The van der Waals surface area contributed by atoms with E-state index in [0.29, 0.717) is 19.7 Å². The number of rotatable bonds is 7. The van der Waals surface area contributed by atoms with Crippen LogP contribution in [0.5, 0.6) is 0 Å². The van der Waals surface area contributed by atoms with E-state index in [4.69, 9.17) is 4.74 Å². The minimum Gasteiger partial charge on any atom is -0.383 e. The Labute approximate surface area is 116 Å². The van der Waals surface area contributed by atoms with Gasteiger partial charge in [0, 0.05) is 24.2 Å². The molecule has 0 heterocycles. The highest BCUT2D eigenvalue weighted by atomic mass is 79.9. The lowest BCUT2D eigenvalue weighted by Gasteiger charge is -2.15. The molecule has 0 spiro atoms. The lowest BCUT2D eigenvalue weighted by molar-refractivity contribution is -0.120. The first-order valence-electron chi connectivity index (χ1n) is 5.88. The van der Waals surface area contributed by atoms with Gasteiger partial charge in [-0.15, -0.1) is 0 Å². The maximum Gasteiger partial charge on any atom is 0.234 e. The van der Waals surface area contributed by atoms with Gasteiger partial charge in [-0.2, -0.15) is 0 Å². The Morgan fingerprint density at radius 3 is 2.83 bits per heavy atom. The largest absolute Gasteiger partial charge is 0.383 e. The van der Waals surface area contributed by atoms with E-state index in [2.05, 4.69) is 26.6 Å². The molecule has 100 valence electrons. The first kappa shape index (κ1) is 15.1. The number of amides is 1. The molecule has 0 aliphatic rings. The number of hydrogen-bond acceptors (Lipinski definition) is 3. The van der Waals surface area contributed by atoms with Gasteiger partial charge in [0.05, 0.1) is 13.2 Å². The van der Waals surface area contributed by atoms with Crippen molar-refractivity contribution >= 4 is 21.8 Å². The molecule has 18 heavy (non-hydrogen) atoms. The standard InChI is InChI=1S/C13H19BrN2O2/c1-10(11-5-3-4-6-12(11)14)16-9-13(17)15-7-8-18-2/h3-6,10,16H,7-9H2,1-2H3,(H,15,17)/t10-/m0/s1. The fourth-order valence-electron chi connectivity index (χ4n) is 1.54. The highest BCUT2D eigenvalue weighted by Crippen LogP contribution is 2.22. The first-order chi connectivity index (χ1) is 8.65. The topological polar surface area (TPSA) is 50.4 Å². The number of nitrogens with one attached hydrogen (secondary N) is 2. The van der Waals surface area contributed by atoms with Crippen molar-refractivity contribution in [1.29, 1.82) is 0 Å². The third-order valence-electron chi connectivity index (χ3n) is 2.57. The molecule has 4 nitrogen and oxygen atoms in total. The van der Waals surface area contributed by atoms with Gasteiger partial charge in [-0.25, -0.2) is 0 Å². The van der Waals surface area contributed by atoms with Crippen molar-refractivity contribution in [2.45, 2.75) is 13.0 Å². The molecule has 0 saturated carbocycles. The van der Waals surface area contributed by atoms with Crippen LogP contribution in [0.1, 0.15) is 18.5 Å². The van der Waals surface area contributed by atoms with Gasteiger partial charge in [-0.3, -0.25) is 4.79 Å². The summed E-state index contributed by atoms with van der Waals surface area (Å²) in [6.45, 7) is 3.40. The molecule has 0 saturated heterocycles. The van der Waals surface area contributed by atoms with Crippen molar-refractivity contribution in [2.75, 3.05) is 26.8 Å². The van der Waals surface area contributed by atoms with Crippen LogP contribution in [0.15, 0.2) is 28.7 Å². The van der Waals surface area contributed by atoms with Gasteiger partial charge >= 0.3 is 0 Å². The van der Waals surface area contributed by atoms with Crippen LogP contribution in [0.2, 0.25) is 0 Å². The van der Waals surface area contributed by atoms with Gasteiger partial charge in [0.2, 0.25) is 5.91 Å². The van der Waals surface area contributed by atoms with Crippen molar-refractivity contribution in [3.8, 4) is 0 Å². The molecule has 1 aromatic rings. The summed E-state index contributed by atoms with van der Waals surface area (Å²) in [5.74, 6) is -0.0223. The van der Waals surface area contributed by atoms with Crippen LogP contribution in [-0.2, 0) is 9.53 Å². The van der Waals surface area contributed by atoms with Gasteiger partial charge < -0.3 is 15.4 Å². The molecule has 5 heteroatoms. The maximum absolute atomic E-state index is 11.5. The molecular formula is C13H19BrN2O2. The minimum absolute atomic E-state index is 0.0223. The summed E-state index contributed by atoms with van der Waals surface area (Å²) in [6, 6.07) is 8.10. The van der Waals surface area contributed by atoms with Gasteiger partial charge in [0.1, 0.15) is 0 Å². The summed E-state index contributed by atoms with van der Waals surface area (Å²) in [4.78, 5) is 11.5. The second-order valence-corrected chi connectivity index (χ2v) is 4.82. The summed E-state index contributed by atoms with van der Waals surface area (Å²) < 4.78 is 5.91. The number of benzene rings is 1. The molecule has 0 aliphatic heterocycles. The monoisotopic (exact) mass is 314 g/mol. The lowest BCUT2D eigenvalue weighted by Crippen LogP contribution is -2.36. The highest BCUT2D eigenvalue weighted by Gasteiger charge is 2.09. The molecule has 1 atom stereocenters. The molecule has 0 aromatic heterocycles. The van der Waals surface area contributed by atoms with Crippen LogP contribution in [0, 0.1) is 0 Å². The smallest absolute Gasteiger partial charge is 0.234 e. The van der Waals surface area contributed by atoms with Crippen LogP contribution in [0.3, 0.4) is 0 Å². The zero-order chi connectivity index (χ0) is 13.4. The van der Waals surface area contributed by atoms with E-state index >= 15 is 0 Å². The van der Waals surface area contributed by atoms with Crippen molar-refractivity contribution < 1.29 is 9.53 Å². The predicted molar refractivity (Wildman–Crippen MR) is 75.4 cm³/mol. The molecule has 0 unspecified atom stereocenters. The van der Waals surface area contributed by atoms with Crippen molar-refractivity contribution in [3.05, 3.63) is 34.3 Å². The van der Waals surface area contributed by atoms with E-state index in [0.717, 1.165) is 10.0 Å². The zero-order valence-corrected chi connectivity index (χ0v) is 12.3. The molecule has 0 aliphatic carbocycles. The summed E-state index contributed by atoms with van der Waals surface area (Å²) >= 11 is 3.50. The first-order valence-corrected chi connectivity index (χ1v) is 6.68. The van der Waals surface area contributed by atoms with E-state index in [-0.39, 0.29) is 11.9 Å². The van der Waals surface area contributed by atoms with Gasteiger partial charge in [0.25, 0.3) is 0 Å². The molecule has 1 rings (SSSR count). The third-order valence-corrected chi connectivity index (χ3v) is 3.29. The van der Waals surface area contributed by atoms with E-state index in [1.165, 1.54) is 0 Å². The van der Waals surface area contributed by atoms with E-state index in [1.54, 1.807) is 7.11 Å². The average molecular weight is 315 g/mol. The summed E-state index contributed by atoms with van der Waals surface area (Å²) in [6.07, 6.45) is 0. The van der Waals surface area contributed by atoms with Crippen LogP contribution >= 0.6 is 15.9 Å². The van der Waals surface area contributed by atoms with Gasteiger partial charge in [0.15, 0.2) is 0 Å². The molecule has 1 aromatic carbocycles. The Hall–Kier alpha value is -0.910. The predicted octanol–water partition coefficient (Wildman–Crippen LogP) is 1.86. The normalized spacial score (nSPS) is 12.2. The number of carbonyl (C=O) groups is 1. The summed E-state index contributed by atoms with van der Waals surface area (Å²) in [5.41, 5.74) is 1.14. The zero-order valence-electron chi connectivity index (χ0n) is 10.7. The van der Waals surface area contributed by atoms with Crippen LogP contribution in [0.4, 0.5) is 0 Å². The Morgan fingerprint density at radius 1 is 1.44 bits per heavy atom. The molecule has 0 radical (unpaired) electrons. The number of methoxy groups -OCH3 is 1. The number of ether oxygens (including phenoxy) is 1. The molecular weight excluding hydrogens is 296 g/mol. The quantitative estimate of drug-likeness (QED) is 0.755.